The average Bonchev–Trinajstić information content (AvgIpc) is 2.56. The van der Waals surface area contributed by atoms with E-state index in [1.54, 1.807) is 31.2 Å². The first-order valence-electron chi connectivity index (χ1n) is 7.76. The topological polar surface area (TPSA) is 64.6 Å². The first kappa shape index (κ1) is 17.5. The van der Waals surface area contributed by atoms with Gasteiger partial charge < -0.3 is 14.8 Å². The third kappa shape index (κ3) is 4.84. The molecule has 1 N–H and O–H groups in total. The third-order valence-corrected chi connectivity index (χ3v) is 3.37. The zero-order valence-corrected chi connectivity index (χ0v) is 14.1. The molecule has 5 heteroatoms. The fraction of sp³-hybridized carbons (Fsp3) is 0.263. The van der Waals surface area contributed by atoms with Crippen LogP contribution in [0, 0.1) is 13.8 Å². The maximum Gasteiger partial charge on any atom is 0.338 e. The van der Waals surface area contributed by atoms with Gasteiger partial charge in [-0.3, -0.25) is 4.79 Å². The normalized spacial score (nSPS) is 10.1. The largest absolute Gasteiger partial charge is 0.484 e. The summed E-state index contributed by atoms with van der Waals surface area (Å²) in [6.45, 7) is 5.85. The zero-order chi connectivity index (χ0) is 17.5. The van der Waals surface area contributed by atoms with E-state index in [4.69, 9.17) is 9.47 Å². The second-order valence-corrected chi connectivity index (χ2v) is 5.40. The molecule has 1 amide bonds. The lowest BCUT2D eigenvalue weighted by molar-refractivity contribution is -0.118. The number of amides is 1. The Bertz CT molecular complexity index is 740. The number of esters is 1. The quantitative estimate of drug-likeness (QED) is 0.825. The van der Waals surface area contributed by atoms with Crippen molar-refractivity contribution >= 4 is 17.6 Å². The minimum Gasteiger partial charge on any atom is -0.484 e. The number of carbonyl (C=O) groups excluding carboxylic acids is 2. The van der Waals surface area contributed by atoms with Gasteiger partial charge >= 0.3 is 5.97 Å². The molecule has 2 rings (SSSR count). The molecular weight excluding hydrogens is 306 g/mol. The highest BCUT2D eigenvalue weighted by Gasteiger charge is 2.09. The van der Waals surface area contributed by atoms with E-state index in [1.165, 1.54) is 0 Å². The molecule has 126 valence electrons. The van der Waals surface area contributed by atoms with Crippen molar-refractivity contribution in [2.45, 2.75) is 20.8 Å². The summed E-state index contributed by atoms with van der Waals surface area (Å²) in [5, 5.41) is 2.81. The van der Waals surface area contributed by atoms with E-state index in [0.29, 0.717) is 17.9 Å². The van der Waals surface area contributed by atoms with Crippen LogP contribution < -0.4 is 10.1 Å². The lowest BCUT2D eigenvalue weighted by Crippen LogP contribution is -2.20. The Kier molecular flexibility index (Phi) is 5.95. The number of rotatable bonds is 6. The number of hydrogen-bond acceptors (Lipinski definition) is 4. The summed E-state index contributed by atoms with van der Waals surface area (Å²) < 4.78 is 10.4. The number of ether oxygens (including phenoxy) is 2. The van der Waals surface area contributed by atoms with Crippen molar-refractivity contribution in [3.8, 4) is 5.75 Å². The lowest BCUT2D eigenvalue weighted by Gasteiger charge is -2.10. The molecule has 0 saturated carbocycles. The number of hydrogen-bond donors (Lipinski definition) is 1. The van der Waals surface area contributed by atoms with Gasteiger partial charge in [0.2, 0.25) is 0 Å². The molecule has 0 aliphatic rings. The van der Waals surface area contributed by atoms with Gasteiger partial charge in [0.15, 0.2) is 6.61 Å². The predicted octanol–water partition coefficient (Wildman–Crippen LogP) is 3.50. The molecule has 0 spiro atoms. The number of anilines is 1. The number of benzene rings is 2. The molecule has 24 heavy (non-hydrogen) atoms. The fourth-order valence-corrected chi connectivity index (χ4v) is 2.22. The van der Waals surface area contributed by atoms with Gasteiger partial charge in [-0.1, -0.05) is 23.8 Å². The maximum absolute atomic E-state index is 12.0. The minimum atomic E-state index is -0.414. The molecule has 2 aromatic carbocycles. The summed E-state index contributed by atoms with van der Waals surface area (Å²) in [5.74, 6) is -0.234. The number of nitrogens with one attached hydrogen (secondary N) is 1. The summed E-state index contributed by atoms with van der Waals surface area (Å²) >= 11 is 0. The summed E-state index contributed by atoms with van der Waals surface area (Å²) in [5.41, 5.74) is 3.28. The van der Waals surface area contributed by atoms with Crippen LogP contribution in [0.2, 0.25) is 0 Å². The van der Waals surface area contributed by atoms with Crippen LogP contribution in [0.1, 0.15) is 28.4 Å². The molecule has 2 aromatic rings. The van der Waals surface area contributed by atoms with Gasteiger partial charge in [0, 0.05) is 5.69 Å². The van der Waals surface area contributed by atoms with E-state index >= 15 is 0 Å². The summed E-state index contributed by atoms with van der Waals surface area (Å²) in [6.07, 6.45) is 0. The number of carbonyl (C=O) groups is 2. The molecule has 5 nitrogen and oxygen atoms in total. The molecule has 0 aromatic heterocycles. The Morgan fingerprint density at radius 3 is 2.58 bits per heavy atom. The van der Waals surface area contributed by atoms with Crippen molar-refractivity contribution in [2.75, 3.05) is 18.5 Å². The van der Waals surface area contributed by atoms with Crippen LogP contribution >= 0.6 is 0 Å². The Morgan fingerprint density at radius 1 is 1.08 bits per heavy atom. The fourth-order valence-electron chi connectivity index (χ4n) is 2.22. The van der Waals surface area contributed by atoms with Gasteiger partial charge in [-0.25, -0.2) is 4.79 Å². The number of aryl methyl sites for hydroxylation is 2. The Morgan fingerprint density at radius 2 is 1.88 bits per heavy atom. The van der Waals surface area contributed by atoms with Gasteiger partial charge in [0.05, 0.1) is 12.2 Å². The highest BCUT2D eigenvalue weighted by Crippen LogP contribution is 2.17. The lowest BCUT2D eigenvalue weighted by atomic mass is 10.1. The van der Waals surface area contributed by atoms with Crippen LogP contribution in [0.25, 0.3) is 0 Å². The smallest absolute Gasteiger partial charge is 0.338 e. The second-order valence-electron chi connectivity index (χ2n) is 5.40. The van der Waals surface area contributed by atoms with Crippen LogP contribution in [0.3, 0.4) is 0 Å². The van der Waals surface area contributed by atoms with Gasteiger partial charge in [0.25, 0.3) is 5.91 Å². The Hall–Kier alpha value is -2.82. The Balaban J connectivity index is 1.94. The highest BCUT2D eigenvalue weighted by atomic mass is 16.5. The molecule has 0 saturated heterocycles. The van der Waals surface area contributed by atoms with E-state index in [1.807, 2.05) is 32.0 Å². The predicted molar refractivity (Wildman–Crippen MR) is 92.4 cm³/mol. The van der Waals surface area contributed by atoms with E-state index in [-0.39, 0.29) is 12.5 Å². The summed E-state index contributed by atoms with van der Waals surface area (Å²) in [4.78, 5) is 23.7. The molecule has 0 atom stereocenters. The molecular formula is C19H21NO4. The van der Waals surface area contributed by atoms with Crippen LogP contribution in [0.4, 0.5) is 5.69 Å². The first-order valence-corrected chi connectivity index (χ1v) is 7.76. The molecule has 0 aliphatic carbocycles. The van der Waals surface area contributed by atoms with Crippen LogP contribution in [-0.2, 0) is 9.53 Å². The van der Waals surface area contributed by atoms with Gasteiger partial charge in [0.1, 0.15) is 5.75 Å². The standard InChI is InChI=1S/C19H21NO4/c1-4-23-19(22)15-6-5-7-16(11-15)24-12-18(21)20-17-9-8-13(2)10-14(17)3/h5-11H,4,12H2,1-3H3,(H,20,21). The van der Waals surface area contributed by atoms with Crippen molar-refractivity contribution in [2.24, 2.45) is 0 Å². The van der Waals surface area contributed by atoms with Gasteiger partial charge in [-0.2, -0.15) is 0 Å². The van der Waals surface area contributed by atoms with Gasteiger partial charge in [-0.05, 0) is 50.6 Å². The van der Waals surface area contributed by atoms with Crippen molar-refractivity contribution in [3.63, 3.8) is 0 Å². The first-order chi connectivity index (χ1) is 11.5. The van der Waals surface area contributed by atoms with Gasteiger partial charge in [-0.15, -0.1) is 0 Å². The van der Waals surface area contributed by atoms with Crippen LogP contribution in [0.15, 0.2) is 42.5 Å². The Labute approximate surface area is 141 Å². The van der Waals surface area contributed by atoms with E-state index in [9.17, 15) is 9.59 Å². The second kappa shape index (κ2) is 8.15. The summed E-state index contributed by atoms with van der Waals surface area (Å²) in [7, 11) is 0. The highest BCUT2D eigenvalue weighted by molar-refractivity contribution is 5.93. The molecule has 0 aliphatic heterocycles. The van der Waals surface area contributed by atoms with Crippen molar-refractivity contribution in [1.29, 1.82) is 0 Å². The van der Waals surface area contributed by atoms with Crippen molar-refractivity contribution in [1.82, 2.24) is 0 Å². The van der Waals surface area contributed by atoms with E-state index < -0.39 is 5.97 Å². The molecule has 0 radical (unpaired) electrons. The van der Waals surface area contributed by atoms with E-state index in [2.05, 4.69) is 5.32 Å². The zero-order valence-electron chi connectivity index (χ0n) is 14.1. The molecule has 0 bridgehead atoms. The van der Waals surface area contributed by atoms with Crippen molar-refractivity contribution in [3.05, 3.63) is 59.2 Å². The molecule has 0 unspecified atom stereocenters. The van der Waals surface area contributed by atoms with E-state index in [0.717, 1.165) is 16.8 Å². The van der Waals surface area contributed by atoms with Crippen LogP contribution in [-0.4, -0.2) is 25.1 Å². The minimum absolute atomic E-state index is 0.139. The maximum atomic E-state index is 12.0. The molecule has 0 fully saturated rings. The average molecular weight is 327 g/mol. The van der Waals surface area contributed by atoms with Crippen LogP contribution in [0.5, 0.6) is 5.75 Å². The molecule has 0 heterocycles. The monoisotopic (exact) mass is 327 g/mol. The SMILES string of the molecule is CCOC(=O)c1cccc(OCC(=O)Nc2ccc(C)cc2C)c1. The summed E-state index contributed by atoms with van der Waals surface area (Å²) in [6, 6.07) is 12.4. The van der Waals surface area contributed by atoms with Crippen molar-refractivity contribution < 1.29 is 19.1 Å². The third-order valence-electron chi connectivity index (χ3n) is 3.37.